The fourth-order valence-electron chi connectivity index (χ4n) is 9.22. The van der Waals surface area contributed by atoms with Gasteiger partial charge in [-0.15, -0.1) is 0 Å². The third-order valence-corrected chi connectivity index (χ3v) is 12.5. The molecular weight excluding hydrogens is 618 g/mol. The molecule has 11 nitrogen and oxygen atoms in total. The lowest BCUT2D eigenvalue weighted by Gasteiger charge is -2.47. The van der Waals surface area contributed by atoms with E-state index in [-0.39, 0.29) is 42.6 Å². The van der Waals surface area contributed by atoms with Crippen LogP contribution in [0.15, 0.2) is 11.6 Å². The van der Waals surface area contributed by atoms with Crippen LogP contribution in [0.4, 0.5) is 0 Å². The maximum atomic E-state index is 14.3. The van der Waals surface area contributed by atoms with E-state index in [4.69, 9.17) is 33.2 Å². The van der Waals surface area contributed by atoms with Crippen LogP contribution >= 0.6 is 0 Å². The summed E-state index contributed by atoms with van der Waals surface area (Å²) in [6.07, 6.45) is -0.311. The minimum absolute atomic E-state index is 0.0190. The Balaban J connectivity index is 1.56. The van der Waals surface area contributed by atoms with Crippen molar-refractivity contribution in [2.45, 2.75) is 179 Å². The van der Waals surface area contributed by atoms with Crippen LogP contribution in [0.25, 0.3) is 0 Å². The first-order valence-electron chi connectivity index (χ1n) is 18.1. The quantitative estimate of drug-likeness (QED) is 0.373. The van der Waals surface area contributed by atoms with E-state index in [2.05, 4.69) is 33.8 Å². The number of ketones is 1. The largest absolute Gasteiger partial charge is 0.387 e. The molecule has 0 aliphatic carbocycles. The van der Waals surface area contributed by atoms with Gasteiger partial charge in [-0.1, -0.05) is 20.8 Å². The van der Waals surface area contributed by atoms with Crippen molar-refractivity contribution in [3.05, 3.63) is 11.6 Å². The molecule has 0 saturated carbocycles. The van der Waals surface area contributed by atoms with Crippen molar-refractivity contribution < 1.29 is 48.2 Å². The Morgan fingerprint density at radius 1 is 1.00 bits per heavy atom. The number of fused-ring (bicyclic) bond motifs is 2. The minimum atomic E-state index is -0.980. The molecule has 0 aromatic rings. The monoisotopic (exact) mass is 681 g/mol. The smallest absolute Gasteiger partial charge is 0.195 e. The van der Waals surface area contributed by atoms with Crippen LogP contribution in [0.3, 0.4) is 0 Å². The van der Waals surface area contributed by atoms with Crippen LogP contribution in [0.1, 0.15) is 101 Å². The topological polar surface area (TPSA) is 125 Å². The van der Waals surface area contributed by atoms with E-state index >= 15 is 0 Å². The zero-order valence-corrected chi connectivity index (χ0v) is 31.4. The van der Waals surface area contributed by atoms with E-state index in [0.29, 0.717) is 19.3 Å². The molecule has 5 aliphatic rings. The fraction of sp³-hybridized carbons (Fsp3) is 0.919. The summed E-state index contributed by atoms with van der Waals surface area (Å²) in [6, 6.07) is -0.162. The molecule has 5 rings (SSSR count). The maximum Gasteiger partial charge on any atom is 0.195 e. The van der Waals surface area contributed by atoms with Crippen molar-refractivity contribution in [3.63, 3.8) is 0 Å². The predicted molar refractivity (Wildman–Crippen MR) is 179 cm³/mol. The Hall–Kier alpha value is -0.990. The molecule has 0 amide bonds. The zero-order chi connectivity index (χ0) is 35.6. The standard InChI is InChI=1S/C37H63NO10/c1-13-25-15-27(39)23(5)28(45-30-19-36(9,42-12)32(41)24(6)44-30)16-29(46-33-31(40)26(38(10)11)14-22(4)43-33)35(8)18-21(3)37(48-35)20(2)17-34(25,7)47-37/h17,21-26,28-33,40-41H,13-16,18-19H2,1-12H3/t21?,22-,23+,24+,25?,26?,28?,29?,30?,31?,32?,33?,34?,35?,36?,37?/m1/s1. The molecule has 13 unspecified atom stereocenters. The number of aliphatic hydroxyl groups excluding tert-OH is 2. The van der Waals surface area contributed by atoms with Gasteiger partial charge in [-0.3, -0.25) is 4.79 Å². The van der Waals surface area contributed by atoms with Crippen molar-refractivity contribution in [2.75, 3.05) is 21.2 Å². The number of carbonyl (C=O) groups is 1. The second kappa shape index (κ2) is 13.9. The summed E-state index contributed by atoms with van der Waals surface area (Å²) in [4.78, 5) is 16.3. The Kier molecular flexibility index (Phi) is 11.0. The maximum absolute atomic E-state index is 14.3. The summed E-state index contributed by atoms with van der Waals surface area (Å²) in [7, 11) is 5.48. The van der Waals surface area contributed by atoms with Crippen molar-refractivity contribution in [3.8, 4) is 0 Å². The second-order valence-corrected chi connectivity index (χ2v) is 16.4. The molecule has 4 fully saturated rings. The lowest BCUT2D eigenvalue weighted by molar-refractivity contribution is -0.325. The second-order valence-electron chi connectivity index (χ2n) is 16.4. The number of hydrogen-bond acceptors (Lipinski definition) is 11. The average molecular weight is 682 g/mol. The van der Waals surface area contributed by atoms with Crippen LogP contribution in [0.2, 0.25) is 0 Å². The average Bonchev–Trinajstić information content (AvgIpc) is 3.43. The van der Waals surface area contributed by atoms with Gasteiger partial charge < -0.3 is 48.3 Å². The SMILES string of the molecule is CCC1CC(=O)[C@H](C)C(OC2CC(C)(OC)C(O)[C@H](C)O2)CC(OC2O[C@H](C)CC(N(C)C)C2O)C2(C)CC(C)C3(OC1(C)C=C3C)O2. The zero-order valence-electron chi connectivity index (χ0n) is 31.4. The van der Waals surface area contributed by atoms with E-state index in [1.807, 2.05) is 46.7 Å². The van der Waals surface area contributed by atoms with Gasteiger partial charge in [0.15, 0.2) is 18.4 Å². The van der Waals surface area contributed by atoms with Crippen molar-refractivity contribution in [2.24, 2.45) is 17.8 Å². The highest BCUT2D eigenvalue weighted by atomic mass is 16.8. The summed E-state index contributed by atoms with van der Waals surface area (Å²) < 4.78 is 46.1. The number of hydrogen-bond donors (Lipinski definition) is 2. The summed E-state index contributed by atoms with van der Waals surface area (Å²) in [5, 5.41) is 22.4. The van der Waals surface area contributed by atoms with E-state index in [1.165, 1.54) is 0 Å². The molecule has 2 N–H and O–H groups in total. The Bertz CT molecular complexity index is 1200. The molecule has 4 saturated heterocycles. The lowest BCUT2D eigenvalue weighted by Crippen LogP contribution is -2.58. The minimum Gasteiger partial charge on any atom is -0.387 e. The van der Waals surface area contributed by atoms with Crippen LogP contribution in [-0.2, 0) is 38.0 Å². The molecule has 16 atom stereocenters. The molecular formula is C37H63NO10. The number of methoxy groups -OCH3 is 1. The van der Waals surface area contributed by atoms with Gasteiger partial charge in [-0.25, -0.2) is 0 Å². The first-order valence-corrected chi connectivity index (χ1v) is 18.1. The van der Waals surface area contributed by atoms with Gasteiger partial charge in [-0.2, -0.15) is 0 Å². The molecule has 3 bridgehead atoms. The Morgan fingerprint density at radius 2 is 1.69 bits per heavy atom. The number of likely N-dealkylation sites (N-methyl/N-ethyl adjacent to an activating group) is 1. The highest BCUT2D eigenvalue weighted by Crippen LogP contribution is 2.57. The summed E-state index contributed by atoms with van der Waals surface area (Å²) >= 11 is 0. The van der Waals surface area contributed by atoms with Gasteiger partial charge in [-0.05, 0) is 92.5 Å². The number of aliphatic hydroxyl groups is 2. The van der Waals surface area contributed by atoms with Crippen LogP contribution < -0.4 is 0 Å². The molecule has 0 aromatic carbocycles. The van der Waals surface area contributed by atoms with Gasteiger partial charge >= 0.3 is 0 Å². The van der Waals surface area contributed by atoms with Crippen LogP contribution in [0.5, 0.6) is 0 Å². The molecule has 48 heavy (non-hydrogen) atoms. The Labute approximate surface area is 287 Å². The first kappa shape index (κ1) is 38.2. The van der Waals surface area contributed by atoms with E-state index in [9.17, 15) is 15.0 Å². The number of carbonyl (C=O) groups excluding carboxylic acids is 1. The lowest BCUT2D eigenvalue weighted by atomic mass is 9.78. The molecule has 11 heteroatoms. The summed E-state index contributed by atoms with van der Waals surface area (Å²) in [5.41, 5.74) is -1.48. The van der Waals surface area contributed by atoms with Gasteiger partial charge in [0.05, 0.1) is 41.2 Å². The molecule has 0 aromatic heterocycles. The third-order valence-electron chi connectivity index (χ3n) is 12.5. The highest BCUT2D eigenvalue weighted by molar-refractivity contribution is 5.81. The molecule has 0 radical (unpaired) electrons. The van der Waals surface area contributed by atoms with Gasteiger partial charge in [0, 0.05) is 44.2 Å². The van der Waals surface area contributed by atoms with E-state index in [0.717, 1.165) is 12.0 Å². The van der Waals surface area contributed by atoms with Crippen LogP contribution in [0, 0.1) is 17.8 Å². The number of ether oxygens (including phenoxy) is 7. The normalized spacial score (nSPS) is 51.8. The van der Waals surface area contributed by atoms with Crippen molar-refractivity contribution in [1.29, 1.82) is 0 Å². The van der Waals surface area contributed by atoms with Gasteiger partial charge in [0.2, 0.25) is 0 Å². The third kappa shape index (κ3) is 6.83. The number of Topliss-reactive ketones (excluding diaryl/α,β-unsaturated/α-hetero) is 1. The van der Waals surface area contributed by atoms with Crippen molar-refractivity contribution >= 4 is 5.78 Å². The van der Waals surface area contributed by atoms with E-state index < -0.39 is 71.6 Å². The van der Waals surface area contributed by atoms with Gasteiger partial charge in [0.25, 0.3) is 0 Å². The molecule has 5 heterocycles. The summed E-state index contributed by atoms with van der Waals surface area (Å²) in [6.45, 7) is 18.0. The molecule has 5 aliphatic heterocycles. The highest BCUT2D eigenvalue weighted by Gasteiger charge is 2.63. The fourth-order valence-corrected chi connectivity index (χ4v) is 9.22. The predicted octanol–water partition coefficient (Wildman–Crippen LogP) is 4.36. The molecule has 1 spiro atoms. The van der Waals surface area contributed by atoms with Crippen LogP contribution in [-0.4, -0.2) is 120 Å². The molecule has 276 valence electrons. The van der Waals surface area contributed by atoms with Gasteiger partial charge in [0.1, 0.15) is 18.0 Å². The van der Waals surface area contributed by atoms with Crippen molar-refractivity contribution in [1.82, 2.24) is 4.90 Å². The van der Waals surface area contributed by atoms with E-state index in [1.54, 1.807) is 14.0 Å². The first-order chi connectivity index (χ1) is 22.3. The summed E-state index contributed by atoms with van der Waals surface area (Å²) in [5.74, 6) is -1.52. The number of rotatable bonds is 7. The number of nitrogens with zero attached hydrogens (tertiary/aromatic N) is 1. The Morgan fingerprint density at radius 3 is 2.31 bits per heavy atom.